The van der Waals surface area contributed by atoms with Gasteiger partial charge in [0.25, 0.3) is 0 Å². The van der Waals surface area contributed by atoms with E-state index in [0.29, 0.717) is 25.7 Å². The second-order valence-electron chi connectivity index (χ2n) is 4.76. The van der Waals surface area contributed by atoms with Crippen molar-refractivity contribution >= 4 is 5.91 Å². The van der Waals surface area contributed by atoms with Gasteiger partial charge in [-0.05, 0) is 12.3 Å². The van der Waals surface area contributed by atoms with Gasteiger partial charge < -0.3 is 20.1 Å². The molecule has 1 aliphatic heterocycles. The highest BCUT2D eigenvalue weighted by molar-refractivity contribution is 5.76. The Morgan fingerprint density at radius 2 is 2.29 bits per heavy atom. The standard InChI is InChI=1S/C12H24N2O3/c1-10(2)7-14-12(15)3-5-13-8-11-4-6-16-9-17-11/h10-11,13H,3-9H2,1-2H3,(H,14,15). The first-order chi connectivity index (χ1) is 8.18. The zero-order chi connectivity index (χ0) is 12.5. The Labute approximate surface area is 103 Å². The van der Waals surface area contributed by atoms with Crippen molar-refractivity contribution in [3.8, 4) is 0 Å². The molecule has 0 aliphatic carbocycles. The second-order valence-corrected chi connectivity index (χ2v) is 4.76. The van der Waals surface area contributed by atoms with Crippen LogP contribution in [0.1, 0.15) is 26.7 Å². The molecule has 0 aromatic carbocycles. The first-order valence-corrected chi connectivity index (χ1v) is 6.35. The molecule has 1 saturated heterocycles. The van der Waals surface area contributed by atoms with Gasteiger partial charge in [-0.1, -0.05) is 13.8 Å². The summed E-state index contributed by atoms with van der Waals surface area (Å²) in [4.78, 5) is 11.4. The third kappa shape index (κ3) is 7.31. The van der Waals surface area contributed by atoms with Crippen molar-refractivity contribution in [2.45, 2.75) is 32.8 Å². The molecule has 1 atom stereocenters. The number of amides is 1. The Morgan fingerprint density at radius 1 is 1.47 bits per heavy atom. The molecule has 0 spiro atoms. The number of hydrogen-bond donors (Lipinski definition) is 2. The molecular formula is C12H24N2O3. The maximum absolute atomic E-state index is 11.4. The molecule has 5 heteroatoms. The third-order valence-corrected chi connectivity index (χ3v) is 2.58. The van der Waals surface area contributed by atoms with Gasteiger partial charge in [-0.25, -0.2) is 0 Å². The maximum Gasteiger partial charge on any atom is 0.221 e. The van der Waals surface area contributed by atoms with E-state index in [1.54, 1.807) is 0 Å². The molecule has 2 N–H and O–H groups in total. The Morgan fingerprint density at radius 3 is 2.94 bits per heavy atom. The predicted molar refractivity (Wildman–Crippen MR) is 65.6 cm³/mol. The lowest BCUT2D eigenvalue weighted by molar-refractivity contribution is -0.137. The topological polar surface area (TPSA) is 59.6 Å². The number of rotatable bonds is 7. The van der Waals surface area contributed by atoms with Gasteiger partial charge in [-0.2, -0.15) is 0 Å². The minimum atomic E-state index is 0.110. The van der Waals surface area contributed by atoms with Gasteiger partial charge in [0.1, 0.15) is 6.79 Å². The Kier molecular flexibility index (Phi) is 7.16. The molecule has 1 fully saturated rings. The summed E-state index contributed by atoms with van der Waals surface area (Å²) in [5.74, 6) is 0.613. The molecule has 100 valence electrons. The van der Waals surface area contributed by atoms with Crippen molar-refractivity contribution in [1.82, 2.24) is 10.6 Å². The molecule has 0 saturated carbocycles. The molecule has 1 rings (SSSR count). The van der Waals surface area contributed by atoms with Crippen molar-refractivity contribution in [3.63, 3.8) is 0 Å². The minimum Gasteiger partial charge on any atom is -0.356 e. The lowest BCUT2D eigenvalue weighted by Gasteiger charge is -2.22. The van der Waals surface area contributed by atoms with Crippen molar-refractivity contribution < 1.29 is 14.3 Å². The van der Waals surface area contributed by atoms with Gasteiger partial charge in [0.15, 0.2) is 0 Å². The third-order valence-electron chi connectivity index (χ3n) is 2.58. The molecule has 0 bridgehead atoms. The average Bonchev–Trinajstić information content (AvgIpc) is 2.33. The van der Waals surface area contributed by atoms with E-state index >= 15 is 0 Å². The van der Waals surface area contributed by atoms with E-state index in [1.807, 2.05) is 0 Å². The van der Waals surface area contributed by atoms with Crippen LogP contribution in [0.5, 0.6) is 0 Å². The summed E-state index contributed by atoms with van der Waals surface area (Å²) in [5, 5.41) is 6.12. The summed E-state index contributed by atoms with van der Waals surface area (Å²) in [6.45, 7) is 7.57. The van der Waals surface area contributed by atoms with Crippen LogP contribution < -0.4 is 10.6 Å². The van der Waals surface area contributed by atoms with E-state index in [9.17, 15) is 4.79 Å². The van der Waals surface area contributed by atoms with Crippen molar-refractivity contribution in [2.24, 2.45) is 5.92 Å². The SMILES string of the molecule is CC(C)CNC(=O)CCNCC1CCOCO1. The van der Waals surface area contributed by atoms with E-state index in [1.165, 1.54) is 0 Å². The van der Waals surface area contributed by atoms with Crippen LogP contribution in [0, 0.1) is 5.92 Å². The van der Waals surface area contributed by atoms with Crippen molar-refractivity contribution in [1.29, 1.82) is 0 Å². The lowest BCUT2D eigenvalue weighted by atomic mass is 10.2. The van der Waals surface area contributed by atoms with Gasteiger partial charge in [-0.3, -0.25) is 4.79 Å². The first kappa shape index (κ1) is 14.4. The lowest BCUT2D eigenvalue weighted by Crippen LogP contribution is -2.36. The smallest absolute Gasteiger partial charge is 0.221 e. The minimum absolute atomic E-state index is 0.110. The Hall–Kier alpha value is -0.650. The van der Waals surface area contributed by atoms with Gasteiger partial charge in [0.2, 0.25) is 5.91 Å². The zero-order valence-electron chi connectivity index (χ0n) is 10.8. The molecule has 1 amide bonds. The van der Waals surface area contributed by atoms with Crippen LogP contribution in [0.15, 0.2) is 0 Å². The number of ether oxygens (including phenoxy) is 2. The second kappa shape index (κ2) is 8.44. The summed E-state index contributed by atoms with van der Waals surface area (Å²) in [6.07, 6.45) is 1.67. The van der Waals surface area contributed by atoms with Gasteiger partial charge in [-0.15, -0.1) is 0 Å². The average molecular weight is 244 g/mol. The normalized spacial score (nSPS) is 20.5. The van der Waals surface area contributed by atoms with Gasteiger partial charge >= 0.3 is 0 Å². The van der Waals surface area contributed by atoms with Crippen LogP contribution in [0.25, 0.3) is 0 Å². The quantitative estimate of drug-likeness (QED) is 0.640. The highest BCUT2D eigenvalue weighted by Gasteiger charge is 2.13. The van der Waals surface area contributed by atoms with Crippen LogP contribution in [-0.2, 0) is 14.3 Å². The van der Waals surface area contributed by atoms with Crippen LogP contribution in [0.3, 0.4) is 0 Å². The fourth-order valence-electron chi connectivity index (χ4n) is 1.53. The molecule has 0 radical (unpaired) electrons. The van der Waals surface area contributed by atoms with E-state index in [2.05, 4.69) is 24.5 Å². The Balaban J connectivity index is 1.94. The number of carbonyl (C=O) groups is 1. The van der Waals surface area contributed by atoms with Crippen LogP contribution >= 0.6 is 0 Å². The maximum atomic E-state index is 11.4. The number of nitrogens with one attached hydrogen (secondary N) is 2. The van der Waals surface area contributed by atoms with Crippen LogP contribution in [0.2, 0.25) is 0 Å². The highest BCUT2D eigenvalue weighted by Crippen LogP contribution is 2.04. The largest absolute Gasteiger partial charge is 0.356 e. The van der Waals surface area contributed by atoms with E-state index in [-0.39, 0.29) is 12.0 Å². The van der Waals surface area contributed by atoms with Gasteiger partial charge in [0.05, 0.1) is 12.7 Å². The molecule has 1 aliphatic rings. The molecule has 0 aromatic heterocycles. The van der Waals surface area contributed by atoms with Crippen LogP contribution in [0.4, 0.5) is 0 Å². The van der Waals surface area contributed by atoms with Crippen molar-refractivity contribution in [3.05, 3.63) is 0 Å². The van der Waals surface area contributed by atoms with E-state index in [4.69, 9.17) is 9.47 Å². The molecule has 1 unspecified atom stereocenters. The summed E-state index contributed by atoms with van der Waals surface area (Å²) >= 11 is 0. The predicted octanol–water partition coefficient (Wildman–Crippen LogP) is 0.501. The number of carbonyl (C=O) groups excluding carboxylic acids is 1. The molecule has 0 aromatic rings. The molecule has 1 heterocycles. The monoisotopic (exact) mass is 244 g/mol. The summed E-state index contributed by atoms with van der Waals surface area (Å²) in [7, 11) is 0. The fraction of sp³-hybridized carbons (Fsp3) is 0.917. The highest BCUT2D eigenvalue weighted by atomic mass is 16.7. The van der Waals surface area contributed by atoms with E-state index in [0.717, 1.165) is 26.1 Å². The van der Waals surface area contributed by atoms with Crippen LogP contribution in [-0.4, -0.2) is 45.0 Å². The summed E-state index contributed by atoms with van der Waals surface area (Å²) in [5.41, 5.74) is 0. The molecular weight excluding hydrogens is 220 g/mol. The molecule has 17 heavy (non-hydrogen) atoms. The van der Waals surface area contributed by atoms with Crippen molar-refractivity contribution in [2.75, 3.05) is 33.0 Å². The fourth-order valence-corrected chi connectivity index (χ4v) is 1.53. The number of hydrogen-bond acceptors (Lipinski definition) is 4. The Bertz CT molecular complexity index is 216. The first-order valence-electron chi connectivity index (χ1n) is 6.35. The summed E-state index contributed by atoms with van der Waals surface area (Å²) < 4.78 is 10.5. The molecule has 5 nitrogen and oxygen atoms in total. The van der Waals surface area contributed by atoms with Gasteiger partial charge in [0, 0.05) is 26.1 Å². The zero-order valence-corrected chi connectivity index (χ0v) is 10.8. The van der Waals surface area contributed by atoms with E-state index < -0.39 is 0 Å². The summed E-state index contributed by atoms with van der Waals surface area (Å²) in [6, 6.07) is 0.